The Morgan fingerprint density at radius 2 is 1.85 bits per heavy atom. The van der Waals surface area contributed by atoms with Gasteiger partial charge in [-0.25, -0.2) is 0 Å². The maximum atomic E-state index is 12.4. The molecule has 0 atom stereocenters. The van der Waals surface area contributed by atoms with E-state index in [2.05, 4.69) is 0 Å². The summed E-state index contributed by atoms with van der Waals surface area (Å²) in [5, 5.41) is 0. The molecular weight excluding hydrogens is 217 g/mol. The highest BCUT2D eigenvalue weighted by molar-refractivity contribution is 8.22. The van der Waals surface area contributed by atoms with Crippen LogP contribution in [0.5, 0.6) is 0 Å². The molecule has 13 heavy (non-hydrogen) atoms. The smallest absolute Gasteiger partial charge is 0.166 e. The molecule has 1 rings (SSSR count). The minimum atomic E-state index is -4.14. The third-order valence-electron chi connectivity index (χ3n) is 1.70. The van der Waals surface area contributed by atoms with Crippen molar-refractivity contribution in [2.45, 2.75) is 25.9 Å². The summed E-state index contributed by atoms with van der Waals surface area (Å²) in [7, 11) is 0. The van der Waals surface area contributed by atoms with E-state index in [1.165, 1.54) is 23.5 Å². The molecule has 76 valence electrons. The number of halogens is 3. The predicted molar refractivity (Wildman–Crippen MR) is 52.9 cm³/mol. The van der Waals surface area contributed by atoms with Crippen LogP contribution in [0.2, 0.25) is 0 Å². The van der Waals surface area contributed by atoms with Crippen molar-refractivity contribution in [2.75, 3.05) is 11.5 Å². The fourth-order valence-corrected chi connectivity index (χ4v) is 3.90. The maximum absolute atomic E-state index is 12.4. The van der Waals surface area contributed by atoms with Gasteiger partial charge in [0, 0.05) is 4.24 Å². The van der Waals surface area contributed by atoms with Crippen molar-refractivity contribution < 1.29 is 13.2 Å². The van der Waals surface area contributed by atoms with E-state index >= 15 is 0 Å². The molecule has 0 saturated carbocycles. The summed E-state index contributed by atoms with van der Waals surface area (Å²) in [5.41, 5.74) is -0.345. The number of rotatable bonds is 1. The van der Waals surface area contributed by atoms with Gasteiger partial charge in [-0.2, -0.15) is 13.2 Å². The fourth-order valence-electron chi connectivity index (χ4n) is 1.07. The van der Waals surface area contributed by atoms with Crippen molar-refractivity contribution in [1.82, 2.24) is 0 Å². The summed E-state index contributed by atoms with van der Waals surface area (Å²) in [6, 6.07) is 0. The second kappa shape index (κ2) is 4.64. The summed E-state index contributed by atoms with van der Waals surface area (Å²) in [6.07, 6.45) is -3.05. The van der Waals surface area contributed by atoms with Crippen LogP contribution in [0, 0.1) is 0 Å². The standard InChI is InChI=1S/C8H11F3S2/c1-2-6(8(9,10)11)7-12-4-3-5-13-7/h2-5H2,1H3. The van der Waals surface area contributed by atoms with Gasteiger partial charge < -0.3 is 0 Å². The van der Waals surface area contributed by atoms with Gasteiger partial charge in [0.1, 0.15) is 0 Å². The summed E-state index contributed by atoms with van der Waals surface area (Å²) >= 11 is 2.69. The molecule has 0 aliphatic carbocycles. The molecule has 0 radical (unpaired) electrons. The highest BCUT2D eigenvalue weighted by atomic mass is 32.2. The lowest BCUT2D eigenvalue weighted by molar-refractivity contribution is -0.0935. The van der Waals surface area contributed by atoms with Crippen LogP contribution in [0.4, 0.5) is 13.2 Å². The Morgan fingerprint density at radius 3 is 2.23 bits per heavy atom. The average molecular weight is 228 g/mol. The first-order chi connectivity index (χ1) is 6.05. The van der Waals surface area contributed by atoms with Crippen molar-refractivity contribution in [3.63, 3.8) is 0 Å². The van der Waals surface area contributed by atoms with E-state index in [0.29, 0.717) is 4.24 Å². The Bertz CT molecular complexity index is 200. The highest BCUT2D eigenvalue weighted by Gasteiger charge is 2.35. The lowest BCUT2D eigenvalue weighted by atomic mass is 10.2. The Morgan fingerprint density at radius 1 is 1.31 bits per heavy atom. The molecule has 0 aromatic rings. The Labute approximate surface area is 84.3 Å². The second-order valence-electron chi connectivity index (χ2n) is 2.67. The lowest BCUT2D eigenvalue weighted by Crippen LogP contribution is -2.13. The van der Waals surface area contributed by atoms with E-state index in [4.69, 9.17) is 0 Å². The molecule has 1 saturated heterocycles. The first kappa shape index (κ1) is 11.3. The molecular formula is C8H11F3S2. The van der Waals surface area contributed by atoms with Gasteiger partial charge >= 0.3 is 6.18 Å². The summed E-state index contributed by atoms with van der Waals surface area (Å²) in [5.74, 6) is 1.64. The van der Waals surface area contributed by atoms with Crippen LogP contribution in [0.3, 0.4) is 0 Å². The van der Waals surface area contributed by atoms with Crippen LogP contribution in [0.15, 0.2) is 9.81 Å². The Balaban J connectivity index is 2.82. The van der Waals surface area contributed by atoms with Crippen molar-refractivity contribution >= 4 is 23.5 Å². The van der Waals surface area contributed by atoms with Crippen LogP contribution < -0.4 is 0 Å². The quantitative estimate of drug-likeness (QED) is 0.664. The number of hydrogen-bond donors (Lipinski definition) is 0. The van der Waals surface area contributed by atoms with Gasteiger partial charge in [-0.05, 0) is 24.3 Å². The summed E-state index contributed by atoms with van der Waals surface area (Å²) in [6.45, 7) is 1.56. The molecule has 0 spiro atoms. The number of thioether (sulfide) groups is 2. The number of hydrogen-bond acceptors (Lipinski definition) is 2. The molecule has 0 aromatic carbocycles. The van der Waals surface area contributed by atoms with Crippen LogP contribution in [0.25, 0.3) is 0 Å². The normalized spacial score (nSPS) is 18.9. The molecule has 0 amide bonds. The number of alkyl halides is 3. The second-order valence-corrected chi connectivity index (χ2v) is 5.14. The monoisotopic (exact) mass is 228 g/mol. The van der Waals surface area contributed by atoms with E-state index in [1.54, 1.807) is 6.92 Å². The number of allylic oxidation sites excluding steroid dienone is 1. The molecule has 0 nitrogen and oxygen atoms in total. The zero-order valence-corrected chi connectivity index (χ0v) is 8.91. The average Bonchev–Trinajstić information content (AvgIpc) is 2.05. The minimum absolute atomic E-state index is 0.0822. The van der Waals surface area contributed by atoms with Gasteiger partial charge in [0.2, 0.25) is 0 Å². The zero-order chi connectivity index (χ0) is 9.90. The van der Waals surface area contributed by atoms with Gasteiger partial charge in [-0.15, -0.1) is 23.5 Å². The van der Waals surface area contributed by atoms with E-state index in [0.717, 1.165) is 17.9 Å². The zero-order valence-electron chi connectivity index (χ0n) is 7.28. The lowest BCUT2D eigenvalue weighted by Gasteiger charge is -2.19. The summed E-state index contributed by atoms with van der Waals surface area (Å²) in [4.78, 5) is 0. The molecule has 0 N–H and O–H groups in total. The molecule has 1 heterocycles. The maximum Gasteiger partial charge on any atom is 0.414 e. The molecule has 1 fully saturated rings. The molecule has 0 aromatic heterocycles. The van der Waals surface area contributed by atoms with E-state index in [9.17, 15) is 13.2 Å². The topological polar surface area (TPSA) is 0 Å². The highest BCUT2D eigenvalue weighted by Crippen LogP contribution is 2.43. The SMILES string of the molecule is CCC(=C1SCCCS1)C(F)(F)F. The third kappa shape index (κ3) is 3.13. The summed E-state index contributed by atoms with van der Waals surface area (Å²) < 4.78 is 37.7. The van der Waals surface area contributed by atoms with Crippen LogP contribution in [-0.2, 0) is 0 Å². The van der Waals surface area contributed by atoms with Gasteiger partial charge in [0.15, 0.2) is 0 Å². The van der Waals surface area contributed by atoms with Crippen molar-refractivity contribution in [2.24, 2.45) is 0 Å². The predicted octanol–water partition coefficient (Wildman–Crippen LogP) is 4.04. The Kier molecular flexibility index (Phi) is 4.04. The van der Waals surface area contributed by atoms with Gasteiger partial charge in [-0.3, -0.25) is 0 Å². The van der Waals surface area contributed by atoms with Crippen molar-refractivity contribution in [3.8, 4) is 0 Å². The first-order valence-electron chi connectivity index (χ1n) is 4.11. The van der Waals surface area contributed by atoms with Crippen LogP contribution >= 0.6 is 23.5 Å². The van der Waals surface area contributed by atoms with E-state index < -0.39 is 6.18 Å². The van der Waals surface area contributed by atoms with Gasteiger partial charge in [0.25, 0.3) is 0 Å². The van der Waals surface area contributed by atoms with E-state index in [-0.39, 0.29) is 12.0 Å². The largest absolute Gasteiger partial charge is 0.414 e. The van der Waals surface area contributed by atoms with Crippen molar-refractivity contribution in [1.29, 1.82) is 0 Å². The molecule has 5 heteroatoms. The van der Waals surface area contributed by atoms with Crippen molar-refractivity contribution in [3.05, 3.63) is 9.81 Å². The minimum Gasteiger partial charge on any atom is -0.166 e. The van der Waals surface area contributed by atoms with Crippen LogP contribution in [0.1, 0.15) is 19.8 Å². The molecule has 0 bridgehead atoms. The third-order valence-corrected chi connectivity index (χ3v) is 4.41. The Hall–Kier alpha value is 0.230. The first-order valence-corrected chi connectivity index (χ1v) is 6.08. The van der Waals surface area contributed by atoms with Crippen LogP contribution in [-0.4, -0.2) is 17.7 Å². The van der Waals surface area contributed by atoms with E-state index in [1.807, 2.05) is 0 Å². The molecule has 0 unspecified atom stereocenters. The van der Waals surface area contributed by atoms with Gasteiger partial charge in [0.05, 0.1) is 5.57 Å². The fraction of sp³-hybridized carbons (Fsp3) is 0.750. The molecule has 1 aliphatic rings. The van der Waals surface area contributed by atoms with Gasteiger partial charge in [-0.1, -0.05) is 6.92 Å². The molecule has 1 aliphatic heterocycles.